The molecule has 0 saturated carbocycles. The molecule has 1 aromatic rings. The topological polar surface area (TPSA) is 122 Å². The first-order valence-corrected chi connectivity index (χ1v) is 16.7. The highest BCUT2D eigenvalue weighted by Gasteiger charge is 2.35. The Morgan fingerprint density at radius 2 is 1.42 bits per heavy atom. The summed E-state index contributed by atoms with van der Waals surface area (Å²) in [5, 5.41) is 6.22. The second-order valence-electron chi connectivity index (χ2n) is 13.7. The Balaban J connectivity index is 2.61. The maximum Gasteiger partial charge on any atom is 0.410 e. The number of anilines is 1. The normalized spacial score (nSPS) is 13.6. The Morgan fingerprint density at radius 1 is 0.800 bits per heavy atom. The summed E-state index contributed by atoms with van der Waals surface area (Å²) in [6, 6.07) is 6.71. The van der Waals surface area contributed by atoms with Crippen LogP contribution in [0.5, 0.6) is 0 Å². The van der Waals surface area contributed by atoms with Gasteiger partial charge in [-0.3, -0.25) is 19.2 Å². The van der Waals surface area contributed by atoms with Crippen molar-refractivity contribution < 1.29 is 28.7 Å². The molecule has 45 heavy (non-hydrogen) atoms. The molecule has 0 aromatic heterocycles. The van der Waals surface area contributed by atoms with Crippen LogP contribution in [0.4, 0.5) is 10.5 Å². The SMILES string of the molecule is CC(C)NCCCCCC(=O)C[C@@H](C)C(=O)Nc1ccc(COC(=O)N(C)[C@H](C(=O)C[C@H](C(=O)C(C)C)C(C)C)C(C)C)cc1. The molecule has 254 valence electrons. The summed E-state index contributed by atoms with van der Waals surface area (Å²) < 4.78 is 5.52. The van der Waals surface area contributed by atoms with E-state index in [-0.39, 0.29) is 60.5 Å². The highest BCUT2D eigenvalue weighted by molar-refractivity contribution is 5.95. The van der Waals surface area contributed by atoms with Gasteiger partial charge in [-0.15, -0.1) is 0 Å². The fraction of sp³-hybridized carbons (Fsp3) is 0.694. The number of ether oxygens (including phenoxy) is 1. The van der Waals surface area contributed by atoms with E-state index in [4.69, 9.17) is 4.74 Å². The van der Waals surface area contributed by atoms with Crippen LogP contribution >= 0.6 is 0 Å². The molecule has 0 unspecified atom stereocenters. The van der Waals surface area contributed by atoms with Crippen molar-refractivity contribution in [2.24, 2.45) is 29.6 Å². The van der Waals surface area contributed by atoms with Crippen LogP contribution in [0, 0.1) is 29.6 Å². The number of ketones is 3. The molecule has 0 aliphatic carbocycles. The Morgan fingerprint density at radius 3 is 1.96 bits per heavy atom. The molecule has 0 heterocycles. The molecule has 0 bridgehead atoms. The third kappa shape index (κ3) is 14.7. The summed E-state index contributed by atoms with van der Waals surface area (Å²) in [6.07, 6.45) is 3.02. The van der Waals surface area contributed by atoms with Crippen molar-refractivity contribution in [3.63, 3.8) is 0 Å². The number of Topliss-reactive ketones (excluding diaryl/α,β-unsaturated/α-hetero) is 3. The van der Waals surface area contributed by atoms with Crippen LogP contribution in [0.25, 0.3) is 0 Å². The van der Waals surface area contributed by atoms with Gasteiger partial charge in [-0.25, -0.2) is 4.79 Å². The first-order valence-electron chi connectivity index (χ1n) is 16.7. The molecule has 0 radical (unpaired) electrons. The van der Waals surface area contributed by atoms with Crippen molar-refractivity contribution >= 4 is 35.0 Å². The Hall–Kier alpha value is -3.07. The monoisotopic (exact) mass is 629 g/mol. The summed E-state index contributed by atoms with van der Waals surface area (Å²) in [6.45, 7) is 18.2. The van der Waals surface area contributed by atoms with Gasteiger partial charge in [-0.2, -0.15) is 0 Å². The van der Waals surface area contributed by atoms with Gasteiger partial charge in [0, 0.05) is 55.8 Å². The van der Waals surface area contributed by atoms with E-state index in [2.05, 4.69) is 24.5 Å². The van der Waals surface area contributed by atoms with Gasteiger partial charge >= 0.3 is 6.09 Å². The molecule has 3 atom stereocenters. The van der Waals surface area contributed by atoms with Gasteiger partial charge in [-0.05, 0) is 48.9 Å². The van der Waals surface area contributed by atoms with E-state index >= 15 is 0 Å². The van der Waals surface area contributed by atoms with Crippen LogP contribution < -0.4 is 10.6 Å². The molecular weight excluding hydrogens is 570 g/mol. The lowest BCUT2D eigenvalue weighted by Crippen LogP contribution is -2.47. The van der Waals surface area contributed by atoms with Crippen LogP contribution in [0.1, 0.15) is 106 Å². The number of carbonyl (C=O) groups excluding carboxylic acids is 5. The third-order valence-corrected chi connectivity index (χ3v) is 8.08. The molecule has 0 fully saturated rings. The molecule has 9 heteroatoms. The molecule has 0 saturated heterocycles. The number of carbonyl (C=O) groups is 5. The quantitative estimate of drug-likeness (QED) is 0.143. The lowest BCUT2D eigenvalue weighted by atomic mass is 9.80. The Kier molecular flexibility index (Phi) is 17.9. The zero-order valence-electron chi connectivity index (χ0n) is 29.4. The zero-order valence-corrected chi connectivity index (χ0v) is 29.4. The average molecular weight is 630 g/mol. The fourth-order valence-corrected chi connectivity index (χ4v) is 5.33. The summed E-state index contributed by atoms with van der Waals surface area (Å²) in [4.78, 5) is 65.3. The largest absolute Gasteiger partial charge is 0.445 e. The van der Waals surface area contributed by atoms with Gasteiger partial charge in [0.2, 0.25) is 5.91 Å². The number of nitrogens with one attached hydrogen (secondary N) is 2. The number of likely N-dealkylation sites (N-methyl/N-ethyl adjacent to an activating group) is 1. The Bertz CT molecular complexity index is 1100. The predicted octanol–water partition coefficient (Wildman–Crippen LogP) is 6.83. The number of hydrogen-bond donors (Lipinski definition) is 2. The van der Waals surface area contributed by atoms with Crippen molar-refractivity contribution in [2.45, 2.75) is 120 Å². The zero-order chi connectivity index (χ0) is 34.3. The highest BCUT2D eigenvalue weighted by atomic mass is 16.6. The molecule has 2 N–H and O–H groups in total. The molecule has 0 aliphatic rings. The van der Waals surface area contributed by atoms with Crippen molar-refractivity contribution in [1.29, 1.82) is 0 Å². The number of amides is 2. The lowest BCUT2D eigenvalue weighted by Gasteiger charge is -2.31. The highest BCUT2D eigenvalue weighted by Crippen LogP contribution is 2.24. The second-order valence-corrected chi connectivity index (χ2v) is 13.7. The molecule has 1 rings (SSSR count). The van der Waals surface area contributed by atoms with Crippen LogP contribution in [-0.4, -0.2) is 59.9 Å². The minimum atomic E-state index is -0.711. The molecule has 2 amide bonds. The van der Waals surface area contributed by atoms with E-state index in [1.54, 1.807) is 38.2 Å². The fourth-order valence-electron chi connectivity index (χ4n) is 5.33. The van der Waals surface area contributed by atoms with Crippen molar-refractivity contribution in [3.05, 3.63) is 29.8 Å². The van der Waals surface area contributed by atoms with Gasteiger partial charge < -0.3 is 20.3 Å². The van der Waals surface area contributed by atoms with Gasteiger partial charge in [-0.1, -0.05) is 80.9 Å². The molecule has 0 spiro atoms. The van der Waals surface area contributed by atoms with Crippen LogP contribution in [0.2, 0.25) is 0 Å². The maximum absolute atomic E-state index is 13.3. The molecular formula is C36H59N3O6. The summed E-state index contributed by atoms with van der Waals surface area (Å²) in [7, 11) is 1.55. The summed E-state index contributed by atoms with van der Waals surface area (Å²) >= 11 is 0. The summed E-state index contributed by atoms with van der Waals surface area (Å²) in [5.41, 5.74) is 1.31. The van der Waals surface area contributed by atoms with E-state index in [1.165, 1.54) is 4.90 Å². The van der Waals surface area contributed by atoms with Gasteiger partial charge in [0.1, 0.15) is 18.2 Å². The molecule has 1 aromatic carbocycles. The lowest BCUT2D eigenvalue weighted by molar-refractivity contribution is -0.133. The number of hydrogen-bond acceptors (Lipinski definition) is 7. The summed E-state index contributed by atoms with van der Waals surface area (Å²) in [5.74, 6) is -1.34. The molecule has 9 nitrogen and oxygen atoms in total. The van der Waals surface area contributed by atoms with Gasteiger partial charge in [0.15, 0.2) is 5.78 Å². The van der Waals surface area contributed by atoms with Crippen LogP contribution in [0.15, 0.2) is 24.3 Å². The molecule has 0 aliphatic heterocycles. The van der Waals surface area contributed by atoms with E-state index in [0.29, 0.717) is 18.2 Å². The van der Waals surface area contributed by atoms with E-state index in [1.807, 2.05) is 41.5 Å². The van der Waals surface area contributed by atoms with Crippen molar-refractivity contribution in [3.8, 4) is 0 Å². The Labute approximate surface area is 271 Å². The minimum absolute atomic E-state index is 0.00467. The first-order chi connectivity index (χ1) is 21.0. The predicted molar refractivity (Wildman–Crippen MR) is 180 cm³/mol. The first kappa shape index (κ1) is 40.0. The number of benzene rings is 1. The number of rotatable bonds is 21. The average Bonchev–Trinajstić information content (AvgIpc) is 2.96. The maximum atomic E-state index is 13.3. The van der Waals surface area contributed by atoms with E-state index in [9.17, 15) is 24.0 Å². The van der Waals surface area contributed by atoms with Gasteiger partial charge in [0.05, 0.1) is 6.04 Å². The van der Waals surface area contributed by atoms with Crippen molar-refractivity contribution in [1.82, 2.24) is 10.2 Å². The van der Waals surface area contributed by atoms with E-state index in [0.717, 1.165) is 31.4 Å². The van der Waals surface area contributed by atoms with Gasteiger partial charge in [0.25, 0.3) is 0 Å². The van der Waals surface area contributed by atoms with Crippen molar-refractivity contribution in [2.75, 3.05) is 18.9 Å². The van der Waals surface area contributed by atoms with Crippen LogP contribution in [0.3, 0.4) is 0 Å². The third-order valence-electron chi connectivity index (χ3n) is 8.08. The minimum Gasteiger partial charge on any atom is -0.445 e. The van der Waals surface area contributed by atoms with E-state index < -0.39 is 24.0 Å². The number of nitrogens with zero attached hydrogens (tertiary/aromatic N) is 1. The standard InChI is InChI=1S/C36H59N3O6/c1-23(2)31(34(42)25(5)6)21-32(41)33(24(3)4)39(10)36(44)45-22-28-15-17-29(18-16-28)38-35(43)27(9)20-30(40)14-12-11-13-19-37-26(7)8/h15-18,23-27,31,33,37H,11-14,19-22H2,1-10H3,(H,38,43)/t27-,31+,33+/m1/s1. The van der Waals surface area contributed by atoms with Crippen LogP contribution in [-0.2, 0) is 30.5 Å². The second kappa shape index (κ2) is 20.1. The smallest absolute Gasteiger partial charge is 0.410 e. The number of unbranched alkanes of at least 4 members (excludes halogenated alkanes) is 2.